The summed E-state index contributed by atoms with van der Waals surface area (Å²) in [5.74, 6) is 0.621. The minimum atomic E-state index is -0.0853. The highest BCUT2D eigenvalue weighted by atomic mass is 16.5. The van der Waals surface area contributed by atoms with E-state index in [1.165, 1.54) is 5.56 Å². The lowest BCUT2D eigenvalue weighted by atomic mass is 10.1. The average molecular weight is 236 g/mol. The lowest BCUT2D eigenvalue weighted by molar-refractivity contribution is -0.123. The lowest BCUT2D eigenvalue weighted by Gasteiger charge is -2.07. The molecule has 4 nitrogen and oxygen atoms in total. The maximum atomic E-state index is 11.3. The fourth-order valence-corrected chi connectivity index (χ4v) is 1.38. The van der Waals surface area contributed by atoms with Crippen LogP contribution < -0.4 is 15.8 Å². The second-order valence-corrected chi connectivity index (χ2v) is 3.82. The molecule has 0 aliphatic heterocycles. The standard InChI is InChI=1S/C13H20N2O2/c1-2-9-15-13(16)10-17-12-5-3-11(4-6-12)7-8-14/h3-6H,2,7-10,14H2,1H3,(H,15,16). The molecule has 94 valence electrons. The molecule has 0 aromatic heterocycles. The molecular weight excluding hydrogens is 216 g/mol. The molecular formula is C13H20N2O2. The van der Waals surface area contributed by atoms with Crippen LogP contribution in [0.5, 0.6) is 5.75 Å². The Morgan fingerprint density at radius 2 is 2.06 bits per heavy atom. The minimum Gasteiger partial charge on any atom is -0.484 e. The first-order chi connectivity index (χ1) is 8.26. The third-order valence-electron chi connectivity index (χ3n) is 2.30. The van der Waals surface area contributed by atoms with E-state index in [9.17, 15) is 4.79 Å². The van der Waals surface area contributed by atoms with Crippen LogP contribution in [0, 0.1) is 0 Å². The van der Waals surface area contributed by atoms with Crippen LogP contribution in [0.3, 0.4) is 0 Å². The van der Waals surface area contributed by atoms with E-state index >= 15 is 0 Å². The highest BCUT2D eigenvalue weighted by Gasteiger charge is 2.01. The van der Waals surface area contributed by atoms with Gasteiger partial charge in [-0.2, -0.15) is 0 Å². The quantitative estimate of drug-likeness (QED) is 0.745. The Kier molecular flexibility index (Phi) is 6.10. The van der Waals surface area contributed by atoms with Crippen LogP contribution in [0.1, 0.15) is 18.9 Å². The number of carbonyl (C=O) groups excluding carboxylic acids is 1. The van der Waals surface area contributed by atoms with Crippen molar-refractivity contribution in [3.8, 4) is 5.75 Å². The van der Waals surface area contributed by atoms with Gasteiger partial charge in [-0.05, 0) is 37.1 Å². The zero-order valence-corrected chi connectivity index (χ0v) is 10.2. The molecule has 1 rings (SSSR count). The molecule has 0 saturated heterocycles. The number of amides is 1. The second kappa shape index (κ2) is 7.68. The Hall–Kier alpha value is -1.55. The molecule has 17 heavy (non-hydrogen) atoms. The third kappa shape index (κ3) is 5.36. The van der Waals surface area contributed by atoms with Gasteiger partial charge < -0.3 is 15.8 Å². The molecule has 0 aliphatic rings. The van der Waals surface area contributed by atoms with Gasteiger partial charge in [0.05, 0.1) is 0 Å². The maximum absolute atomic E-state index is 11.3. The number of hydrogen-bond acceptors (Lipinski definition) is 3. The third-order valence-corrected chi connectivity index (χ3v) is 2.30. The van der Waals surface area contributed by atoms with E-state index < -0.39 is 0 Å². The van der Waals surface area contributed by atoms with Crippen LogP contribution in [-0.2, 0) is 11.2 Å². The number of carbonyl (C=O) groups is 1. The molecule has 0 aliphatic carbocycles. The van der Waals surface area contributed by atoms with Crippen molar-refractivity contribution in [1.29, 1.82) is 0 Å². The van der Waals surface area contributed by atoms with Gasteiger partial charge in [-0.1, -0.05) is 19.1 Å². The summed E-state index contributed by atoms with van der Waals surface area (Å²) in [6, 6.07) is 7.65. The molecule has 1 amide bonds. The second-order valence-electron chi connectivity index (χ2n) is 3.82. The van der Waals surface area contributed by atoms with Gasteiger partial charge in [0.2, 0.25) is 0 Å². The SMILES string of the molecule is CCCNC(=O)COc1ccc(CCN)cc1. The maximum Gasteiger partial charge on any atom is 0.257 e. The van der Waals surface area contributed by atoms with Crippen LogP contribution in [0.25, 0.3) is 0 Å². The predicted octanol–water partition coefficient (Wildman–Crippen LogP) is 1.09. The summed E-state index contributed by atoms with van der Waals surface area (Å²) in [6.07, 6.45) is 1.79. The first kappa shape index (κ1) is 13.5. The van der Waals surface area contributed by atoms with Gasteiger partial charge in [-0.3, -0.25) is 4.79 Å². The lowest BCUT2D eigenvalue weighted by Crippen LogP contribution is -2.29. The van der Waals surface area contributed by atoms with Crippen LogP contribution in [-0.4, -0.2) is 25.6 Å². The molecule has 0 fully saturated rings. The molecule has 3 N–H and O–H groups in total. The Morgan fingerprint density at radius 1 is 1.35 bits per heavy atom. The van der Waals surface area contributed by atoms with Crippen LogP contribution >= 0.6 is 0 Å². The molecule has 0 bridgehead atoms. The van der Waals surface area contributed by atoms with E-state index in [-0.39, 0.29) is 12.5 Å². The van der Waals surface area contributed by atoms with E-state index in [0.717, 1.165) is 12.8 Å². The van der Waals surface area contributed by atoms with Gasteiger partial charge in [0, 0.05) is 6.54 Å². The molecule has 0 heterocycles. The largest absolute Gasteiger partial charge is 0.484 e. The molecule has 0 radical (unpaired) electrons. The first-order valence-electron chi connectivity index (χ1n) is 5.94. The fraction of sp³-hybridized carbons (Fsp3) is 0.462. The normalized spacial score (nSPS) is 10.0. The highest BCUT2D eigenvalue weighted by molar-refractivity contribution is 5.77. The summed E-state index contributed by atoms with van der Waals surface area (Å²) in [4.78, 5) is 11.3. The van der Waals surface area contributed by atoms with Crippen molar-refractivity contribution in [2.75, 3.05) is 19.7 Å². The Bertz CT molecular complexity index is 336. The molecule has 0 saturated carbocycles. The van der Waals surface area contributed by atoms with Gasteiger partial charge in [-0.15, -0.1) is 0 Å². The van der Waals surface area contributed by atoms with E-state index in [1.54, 1.807) is 0 Å². The van der Waals surface area contributed by atoms with Crippen LogP contribution in [0.2, 0.25) is 0 Å². The van der Waals surface area contributed by atoms with Gasteiger partial charge in [0.1, 0.15) is 5.75 Å². The average Bonchev–Trinajstić information content (AvgIpc) is 2.36. The first-order valence-corrected chi connectivity index (χ1v) is 5.94. The minimum absolute atomic E-state index is 0.0657. The van der Waals surface area contributed by atoms with Crippen LogP contribution in [0.15, 0.2) is 24.3 Å². The van der Waals surface area contributed by atoms with E-state index in [1.807, 2.05) is 31.2 Å². The molecule has 0 spiro atoms. The highest BCUT2D eigenvalue weighted by Crippen LogP contribution is 2.12. The molecule has 1 aromatic carbocycles. The number of hydrogen-bond donors (Lipinski definition) is 2. The summed E-state index contributed by atoms with van der Waals surface area (Å²) in [6.45, 7) is 3.41. The van der Waals surface area contributed by atoms with E-state index in [0.29, 0.717) is 18.8 Å². The summed E-state index contributed by atoms with van der Waals surface area (Å²) >= 11 is 0. The zero-order chi connectivity index (χ0) is 12.5. The van der Waals surface area contributed by atoms with Crippen molar-refractivity contribution in [3.63, 3.8) is 0 Å². The van der Waals surface area contributed by atoms with Gasteiger partial charge >= 0.3 is 0 Å². The van der Waals surface area contributed by atoms with Crippen molar-refractivity contribution in [3.05, 3.63) is 29.8 Å². The fourth-order valence-electron chi connectivity index (χ4n) is 1.38. The smallest absolute Gasteiger partial charge is 0.257 e. The van der Waals surface area contributed by atoms with Crippen LogP contribution in [0.4, 0.5) is 0 Å². The van der Waals surface area contributed by atoms with Gasteiger partial charge in [0.25, 0.3) is 5.91 Å². The van der Waals surface area contributed by atoms with Gasteiger partial charge in [-0.25, -0.2) is 0 Å². The number of ether oxygens (including phenoxy) is 1. The molecule has 0 atom stereocenters. The Labute approximate surface area is 102 Å². The van der Waals surface area contributed by atoms with Gasteiger partial charge in [0.15, 0.2) is 6.61 Å². The summed E-state index contributed by atoms with van der Waals surface area (Å²) < 4.78 is 5.35. The van der Waals surface area contributed by atoms with E-state index in [2.05, 4.69) is 5.32 Å². The van der Waals surface area contributed by atoms with E-state index in [4.69, 9.17) is 10.5 Å². The number of rotatable bonds is 7. The monoisotopic (exact) mass is 236 g/mol. The summed E-state index contributed by atoms with van der Waals surface area (Å²) in [5, 5.41) is 2.75. The number of nitrogens with one attached hydrogen (secondary N) is 1. The van der Waals surface area contributed by atoms with Crippen molar-refractivity contribution in [1.82, 2.24) is 5.32 Å². The van der Waals surface area contributed by atoms with Crippen molar-refractivity contribution in [2.45, 2.75) is 19.8 Å². The Balaban J connectivity index is 2.34. The molecule has 4 heteroatoms. The molecule has 0 unspecified atom stereocenters. The topological polar surface area (TPSA) is 64.3 Å². The summed E-state index contributed by atoms with van der Waals surface area (Å²) in [5.41, 5.74) is 6.64. The van der Waals surface area contributed by atoms with Crippen molar-refractivity contribution < 1.29 is 9.53 Å². The van der Waals surface area contributed by atoms with Crippen molar-refractivity contribution >= 4 is 5.91 Å². The Morgan fingerprint density at radius 3 is 2.65 bits per heavy atom. The zero-order valence-electron chi connectivity index (χ0n) is 10.2. The number of benzene rings is 1. The predicted molar refractivity (Wildman–Crippen MR) is 68.0 cm³/mol. The molecule has 1 aromatic rings. The summed E-state index contributed by atoms with van der Waals surface area (Å²) in [7, 11) is 0. The van der Waals surface area contributed by atoms with Crippen molar-refractivity contribution in [2.24, 2.45) is 5.73 Å². The number of nitrogens with two attached hydrogens (primary N) is 1.